The first-order valence-corrected chi connectivity index (χ1v) is 7.08. The lowest BCUT2D eigenvalue weighted by atomic mass is 10.1. The molecule has 0 unspecified atom stereocenters. The summed E-state index contributed by atoms with van der Waals surface area (Å²) in [7, 11) is 0. The van der Waals surface area contributed by atoms with Crippen molar-refractivity contribution in [3.63, 3.8) is 0 Å². The van der Waals surface area contributed by atoms with Crippen molar-refractivity contribution in [2.75, 3.05) is 0 Å². The van der Waals surface area contributed by atoms with Gasteiger partial charge in [-0.05, 0) is 49.7 Å². The minimum absolute atomic E-state index is 0.00123. The number of aryl methyl sites for hydroxylation is 1. The zero-order valence-corrected chi connectivity index (χ0v) is 12.0. The van der Waals surface area contributed by atoms with Crippen molar-refractivity contribution in [1.82, 2.24) is 3.96 Å². The Balaban J connectivity index is 2.20. The number of fused-ring (bicyclic) bond motifs is 1. The van der Waals surface area contributed by atoms with E-state index in [9.17, 15) is 9.59 Å². The van der Waals surface area contributed by atoms with Crippen LogP contribution in [0.1, 0.15) is 22.8 Å². The molecule has 1 heterocycles. The van der Waals surface area contributed by atoms with E-state index in [1.165, 1.54) is 18.5 Å². The van der Waals surface area contributed by atoms with Crippen LogP contribution < -0.4 is 5.56 Å². The van der Waals surface area contributed by atoms with Crippen molar-refractivity contribution < 1.29 is 4.79 Å². The monoisotopic (exact) mass is 283 g/mol. The summed E-state index contributed by atoms with van der Waals surface area (Å²) < 4.78 is 2.65. The SMILES string of the molecule is CC(=O)c1ccc(-n2sc3cccc(C)c3c2=O)cc1. The molecule has 0 saturated carbocycles. The van der Waals surface area contributed by atoms with E-state index in [2.05, 4.69) is 0 Å². The zero-order chi connectivity index (χ0) is 14.3. The fourth-order valence-corrected chi connectivity index (χ4v) is 3.31. The molecule has 3 rings (SSSR count). The summed E-state index contributed by atoms with van der Waals surface area (Å²) in [5, 5.41) is 0.771. The Kier molecular flexibility index (Phi) is 3.03. The second-order valence-electron chi connectivity index (χ2n) is 4.74. The molecule has 0 amide bonds. The number of benzene rings is 2. The maximum Gasteiger partial charge on any atom is 0.273 e. The summed E-state index contributed by atoms with van der Waals surface area (Å²) in [6.07, 6.45) is 0. The molecule has 3 nitrogen and oxygen atoms in total. The van der Waals surface area contributed by atoms with Crippen LogP contribution in [0.15, 0.2) is 47.3 Å². The van der Waals surface area contributed by atoms with Crippen LogP contribution in [0.5, 0.6) is 0 Å². The Morgan fingerprint density at radius 1 is 1.10 bits per heavy atom. The van der Waals surface area contributed by atoms with E-state index in [4.69, 9.17) is 0 Å². The van der Waals surface area contributed by atoms with Gasteiger partial charge in [0.25, 0.3) is 5.56 Å². The summed E-state index contributed by atoms with van der Waals surface area (Å²) in [6, 6.07) is 13.0. The van der Waals surface area contributed by atoms with E-state index >= 15 is 0 Å². The van der Waals surface area contributed by atoms with Crippen LogP contribution in [0.3, 0.4) is 0 Å². The third kappa shape index (κ3) is 1.98. The molecule has 0 atom stereocenters. The number of carbonyl (C=O) groups is 1. The quantitative estimate of drug-likeness (QED) is 0.674. The Hall–Kier alpha value is -2.20. The molecule has 0 saturated heterocycles. The number of Topliss-reactive ketones (excluding diaryl/α,β-unsaturated/α-hetero) is 1. The number of hydrogen-bond acceptors (Lipinski definition) is 3. The molecule has 0 radical (unpaired) electrons. The van der Waals surface area contributed by atoms with Crippen molar-refractivity contribution in [2.24, 2.45) is 0 Å². The molecule has 20 heavy (non-hydrogen) atoms. The topological polar surface area (TPSA) is 39.1 Å². The predicted octanol–water partition coefficient (Wildman–Crippen LogP) is 3.56. The molecule has 0 N–H and O–H groups in total. The first-order valence-electron chi connectivity index (χ1n) is 6.31. The number of nitrogens with zero attached hydrogens (tertiary/aromatic N) is 1. The predicted molar refractivity (Wildman–Crippen MR) is 82.2 cm³/mol. The summed E-state index contributed by atoms with van der Waals surface area (Å²) in [5.74, 6) is 0.0242. The fraction of sp³-hybridized carbons (Fsp3) is 0.125. The van der Waals surface area contributed by atoms with Gasteiger partial charge in [-0.3, -0.25) is 9.59 Å². The highest BCUT2D eigenvalue weighted by atomic mass is 32.1. The third-order valence-corrected chi connectivity index (χ3v) is 4.43. The Labute approximate surface area is 120 Å². The molecule has 1 aromatic heterocycles. The van der Waals surface area contributed by atoms with E-state index in [1.807, 2.05) is 37.3 Å². The number of aromatic nitrogens is 1. The largest absolute Gasteiger partial charge is 0.295 e. The first-order chi connectivity index (χ1) is 9.58. The molecular weight excluding hydrogens is 270 g/mol. The standard InChI is InChI=1S/C16H13NO2S/c1-10-4-3-5-14-15(10)16(19)17(20-14)13-8-6-12(7-9-13)11(2)18/h3-9H,1-2H3. The average molecular weight is 283 g/mol. The van der Waals surface area contributed by atoms with Crippen molar-refractivity contribution in [3.8, 4) is 5.69 Å². The highest BCUT2D eigenvalue weighted by Gasteiger charge is 2.11. The molecule has 0 bridgehead atoms. The summed E-state index contributed by atoms with van der Waals surface area (Å²) in [4.78, 5) is 23.8. The summed E-state index contributed by atoms with van der Waals surface area (Å²) in [6.45, 7) is 3.48. The van der Waals surface area contributed by atoms with Gasteiger partial charge >= 0.3 is 0 Å². The van der Waals surface area contributed by atoms with Gasteiger partial charge in [0.15, 0.2) is 5.78 Å². The number of rotatable bonds is 2. The summed E-state index contributed by atoms with van der Waals surface area (Å²) in [5.41, 5.74) is 2.43. The Morgan fingerprint density at radius 3 is 2.40 bits per heavy atom. The van der Waals surface area contributed by atoms with Crippen LogP contribution in [0, 0.1) is 6.92 Å². The zero-order valence-electron chi connectivity index (χ0n) is 11.2. The van der Waals surface area contributed by atoms with Crippen molar-refractivity contribution in [3.05, 3.63) is 63.9 Å². The smallest absolute Gasteiger partial charge is 0.273 e. The molecule has 0 spiro atoms. The lowest BCUT2D eigenvalue weighted by Crippen LogP contribution is -2.11. The third-order valence-electron chi connectivity index (χ3n) is 3.33. The highest BCUT2D eigenvalue weighted by Crippen LogP contribution is 2.22. The average Bonchev–Trinajstić information content (AvgIpc) is 2.77. The maximum atomic E-state index is 12.5. The maximum absolute atomic E-state index is 12.5. The Morgan fingerprint density at radius 2 is 1.80 bits per heavy atom. The fourth-order valence-electron chi connectivity index (χ4n) is 2.23. The number of hydrogen-bond donors (Lipinski definition) is 0. The van der Waals surface area contributed by atoms with Crippen molar-refractivity contribution >= 4 is 27.4 Å². The van der Waals surface area contributed by atoms with Gasteiger partial charge in [-0.2, -0.15) is 0 Å². The van der Waals surface area contributed by atoms with Crippen LogP contribution >= 0.6 is 11.5 Å². The van der Waals surface area contributed by atoms with Crippen LogP contribution in [0.2, 0.25) is 0 Å². The molecule has 0 aliphatic carbocycles. The van der Waals surface area contributed by atoms with E-state index in [0.717, 1.165) is 21.3 Å². The van der Waals surface area contributed by atoms with Gasteiger partial charge in [0.2, 0.25) is 0 Å². The molecular formula is C16H13NO2S. The normalized spacial score (nSPS) is 10.9. The number of carbonyl (C=O) groups excluding carboxylic acids is 1. The van der Waals surface area contributed by atoms with E-state index < -0.39 is 0 Å². The van der Waals surface area contributed by atoms with Gasteiger partial charge in [-0.25, -0.2) is 3.96 Å². The molecule has 100 valence electrons. The van der Waals surface area contributed by atoms with Crippen LogP contribution in [-0.2, 0) is 0 Å². The van der Waals surface area contributed by atoms with Crippen LogP contribution in [-0.4, -0.2) is 9.74 Å². The van der Waals surface area contributed by atoms with Crippen molar-refractivity contribution in [1.29, 1.82) is 0 Å². The first kappa shape index (κ1) is 12.8. The van der Waals surface area contributed by atoms with Crippen LogP contribution in [0.25, 0.3) is 15.8 Å². The van der Waals surface area contributed by atoms with Gasteiger partial charge < -0.3 is 0 Å². The Bertz CT molecular complexity index is 856. The van der Waals surface area contributed by atoms with Gasteiger partial charge in [0, 0.05) is 5.56 Å². The van der Waals surface area contributed by atoms with Gasteiger partial charge in [-0.15, -0.1) is 0 Å². The molecule has 0 aliphatic heterocycles. The second kappa shape index (κ2) is 4.72. The minimum Gasteiger partial charge on any atom is -0.295 e. The molecule has 0 aliphatic rings. The lowest BCUT2D eigenvalue weighted by molar-refractivity contribution is 0.101. The molecule has 4 heteroatoms. The van der Waals surface area contributed by atoms with Gasteiger partial charge in [0.1, 0.15) is 0 Å². The highest BCUT2D eigenvalue weighted by molar-refractivity contribution is 7.14. The molecule has 0 fully saturated rings. The second-order valence-corrected chi connectivity index (χ2v) is 5.73. The van der Waals surface area contributed by atoms with Gasteiger partial charge in [0.05, 0.1) is 15.8 Å². The van der Waals surface area contributed by atoms with E-state index in [-0.39, 0.29) is 11.3 Å². The van der Waals surface area contributed by atoms with Crippen molar-refractivity contribution in [2.45, 2.75) is 13.8 Å². The number of ketones is 1. The molecule has 3 aromatic rings. The lowest BCUT2D eigenvalue weighted by Gasteiger charge is -2.01. The minimum atomic E-state index is -0.00123. The summed E-state index contributed by atoms with van der Waals surface area (Å²) >= 11 is 1.42. The van der Waals surface area contributed by atoms with Gasteiger partial charge in [-0.1, -0.05) is 23.7 Å². The van der Waals surface area contributed by atoms with Crippen LogP contribution in [0.4, 0.5) is 0 Å². The van der Waals surface area contributed by atoms with E-state index in [0.29, 0.717) is 5.56 Å². The van der Waals surface area contributed by atoms with E-state index in [1.54, 1.807) is 16.1 Å². The molecule has 2 aromatic carbocycles.